The van der Waals surface area contributed by atoms with E-state index >= 15 is 0 Å². The summed E-state index contributed by atoms with van der Waals surface area (Å²) in [6, 6.07) is 9.09. The first kappa shape index (κ1) is 23.8. The van der Waals surface area contributed by atoms with Crippen LogP contribution >= 0.6 is 22.9 Å². The van der Waals surface area contributed by atoms with Gasteiger partial charge < -0.3 is 24.7 Å². The van der Waals surface area contributed by atoms with Crippen LogP contribution < -0.4 is 10.6 Å². The predicted octanol–water partition coefficient (Wildman–Crippen LogP) is 4.24. The number of thiazole rings is 1. The number of methoxy groups -OCH3 is 1. The van der Waals surface area contributed by atoms with E-state index in [4.69, 9.17) is 20.8 Å². The molecule has 0 aliphatic carbocycles. The summed E-state index contributed by atoms with van der Waals surface area (Å²) in [7, 11) is 1.57. The van der Waals surface area contributed by atoms with Gasteiger partial charge in [-0.1, -0.05) is 17.7 Å². The molecule has 0 aliphatic rings. The second kappa shape index (κ2) is 11.7. The summed E-state index contributed by atoms with van der Waals surface area (Å²) in [5.74, 6) is 0.241. The van der Waals surface area contributed by atoms with Gasteiger partial charge in [-0.2, -0.15) is 0 Å². The van der Waals surface area contributed by atoms with Gasteiger partial charge in [0.15, 0.2) is 5.13 Å². The fourth-order valence-electron chi connectivity index (χ4n) is 2.88. The van der Waals surface area contributed by atoms with E-state index in [-0.39, 0.29) is 24.8 Å². The Morgan fingerprint density at radius 2 is 2.12 bits per heavy atom. The number of anilines is 2. The first-order valence-electron chi connectivity index (χ1n) is 10.0. The molecule has 2 N–H and O–H groups in total. The van der Waals surface area contributed by atoms with Gasteiger partial charge in [-0.05, 0) is 36.8 Å². The molecule has 32 heavy (non-hydrogen) atoms. The number of ether oxygens (including phenoxy) is 1. The van der Waals surface area contributed by atoms with Crippen LogP contribution in [-0.2, 0) is 16.1 Å². The highest BCUT2D eigenvalue weighted by Crippen LogP contribution is 2.26. The van der Waals surface area contributed by atoms with Crippen LogP contribution in [0.5, 0.6) is 0 Å². The zero-order valence-corrected chi connectivity index (χ0v) is 19.5. The Kier molecular flexibility index (Phi) is 8.66. The molecule has 0 saturated heterocycles. The lowest BCUT2D eigenvalue weighted by Crippen LogP contribution is -2.37. The SMILES string of the molecule is COCCN(CCC(=O)NCc1ccco1)C(=O)c1csc(Nc2cc(Cl)ccc2C)n1. The molecule has 3 aromatic rings. The molecule has 0 unspecified atom stereocenters. The average Bonchev–Trinajstić information content (AvgIpc) is 3.47. The number of aromatic nitrogens is 1. The summed E-state index contributed by atoms with van der Waals surface area (Å²) < 4.78 is 10.3. The largest absolute Gasteiger partial charge is 0.467 e. The smallest absolute Gasteiger partial charge is 0.273 e. The Labute approximate surface area is 195 Å². The fourth-order valence-corrected chi connectivity index (χ4v) is 3.74. The highest BCUT2D eigenvalue weighted by atomic mass is 35.5. The van der Waals surface area contributed by atoms with Crippen LogP contribution in [0.4, 0.5) is 10.8 Å². The third kappa shape index (κ3) is 6.81. The summed E-state index contributed by atoms with van der Waals surface area (Å²) in [6.07, 6.45) is 1.71. The number of benzene rings is 1. The van der Waals surface area contributed by atoms with Gasteiger partial charge in [0.1, 0.15) is 11.5 Å². The number of nitrogens with one attached hydrogen (secondary N) is 2. The molecule has 0 fully saturated rings. The number of carbonyl (C=O) groups is 2. The van der Waals surface area contributed by atoms with Gasteiger partial charge in [-0.3, -0.25) is 9.59 Å². The summed E-state index contributed by atoms with van der Waals surface area (Å²) in [5, 5.41) is 8.88. The molecular formula is C22H25ClN4O4S. The maximum atomic E-state index is 13.0. The standard InChI is InChI=1S/C22H25ClN4O4S/c1-15-5-6-16(23)12-18(15)25-22-26-19(14-32-22)21(29)27(9-11-30-2)8-7-20(28)24-13-17-4-3-10-31-17/h3-6,10,12,14H,7-9,11,13H2,1-2H3,(H,24,28)(H,25,26). The molecule has 0 spiro atoms. The number of hydrogen-bond acceptors (Lipinski definition) is 7. The molecule has 0 radical (unpaired) electrons. The second-order valence-corrected chi connectivity index (χ2v) is 8.31. The number of nitrogens with zero attached hydrogens (tertiary/aromatic N) is 2. The van der Waals surface area contributed by atoms with Crippen LogP contribution in [0.25, 0.3) is 0 Å². The van der Waals surface area contributed by atoms with E-state index in [2.05, 4.69) is 15.6 Å². The lowest BCUT2D eigenvalue weighted by Gasteiger charge is -2.21. The Hall–Kier alpha value is -2.88. The maximum absolute atomic E-state index is 13.0. The van der Waals surface area contributed by atoms with E-state index in [1.165, 1.54) is 11.3 Å². The average molecular weight is 477 g/mol. The van der Waals surface area contributed by atoms with E-state index in [1.54, 1.807) is 35.8 Å². The van der Waals surface area contributed by atoms with Crippen molar-refractivity contribution in [2.75, 3.05) is 32.1 Å². The monoisotopic (exact) mass is 476 g/mol. The van der Waals surface area contributed by atoms with Gasteiger partial charge >= 0.3 is 0 Å². The number of amides is 2. The van der Waals surface area contributed by atoms with Crippen molar-refractivity contribution in [2.24, 2.45) is 0 Å². The normalized spacial score (nSPS) is 10.7. The van der Waals surface area contributed by atoms with Crippen molar-refractivity contribution in [1.29, 1.82) is 0 Å². The quantitative estimate of drug-likeness (QED) is 0.429. The number of rotatable bonds is 11. The number of halogens is 1. The van der Waals surface area contributed by atoms with Gasteiger partial charge in [0.05, 0.1) is 19.4 Å². The van der Waals surface area contributed by atoms with Crippen molar-refractivity contribution in [3.05, 3.63) is 64.0 Å². The van der Waals surface area contributed by atoms with E-state index in [0.29, 0.717) is 41.3 Å². The molecular weight excluding hydrogens is 452 g/mol. The van der Waals surface area contributed by atoms with E-state index in [9.17, 15) is 9.59 Å². The summed E-state index contributed by atoms with van der Waals surface area (Å²) in [6.45, 7) is 3.23. The third-order valence-corrected chi connectivity index (χ3v) is 5.66. The van der Waals surface area contributed by atoms with Gasteiger partial charge in [0.25, 0.3) is 5.91 Å². The minimum atomic E-state index is -0.256. The Balaban J connectivity index is 1.59. The van der Waals surface area contributed by atoms with E-state index in [1.807, 2.05) is 25.1 Å². The molecule has 3 rings (SSSR count). The van der Waals surface area contributed by atoms with Crippen molar-refractivity contribution < 1.29 is 18.7 Å². The van der Waals surface area contributed by atoms with Gasteiger partial charge in [-0.15, -0.1) is 11.3 Å². The highest BCUT2D eigenvalue weighted by molar-refractivity contribution is 7.14. The van der Waals surface area contributed by atoms with Crippen molar-refractivity contribution >= 4 is 45.6 Å². The Morgan fingerprint density at radius 1 is 1.28 bits per heavy atom. The topological polar surface area (TPSA) is 96.7 Å². The molecule has 1 aromatic carbocycles. The van der Waals surface area contributed by atoms with Crippen LogP contribution in [0.3, 0.4) is 0 Å². The lowest BCUT2D eigenvalue weighted by atomic mass is 10.2. The molecule has 0 atom stereocenters. The summed E-state index contributed by atoms with van der Waals surface area (Å²) >= 11 is 7.40. The van der Waals surface area contributed by atoms with Crippen molar-refractivity contribution in [2.45, 2.75) is 19.9 Å². The van der Waals surface area contributed by atoms with Crippen molar-refractivity contribution in [3.8, 4) is 0 Å². The Bertz CT molecular complexity index is 1040. The van der Waals surface area contributed by atoms with E-state index < -0.39 is 0 Å². The highest BCUT2D eigenvalue weighted by Gasteiger charge is 2.20. The number of furan rings is 1. The minimum Gasteiger partial charge on any atom is -0.467 e. The molecule has 0 aliphatic heterocycles. The minimum absolute atomic E-state index is 0.160. The first-order valence-corrected chi connectivity index (χ1v) is 11.3. The van der Waals surface area contributed by atoms with Crippen molar-refractivity contribution in [3.63, 3.8) is 0 Å². The maximum Gasteiger partial charge on any atom is 0.273 e. The molecule has 2 aromatic heterocycles. The van der Waals surface area contributed by atoms with Crippen LogP contribution in [-0.4, -0.2) is 48.5 Å². The fraction of sp³-hybridized carbons (Fsp3) is 0.318. The molecule has 2 amide bonds. The second-order valence-electron chi connectivity index (χ2n) is 7.01. The zero-order chi connectivity index (χ0) is 22.9. The number of carbonyl (C=O) groups excluding carboxylic acids is 2. The third-order valence-electron chi connectivity index (χ3n) is 4.67. The van der Waals surface area contributed by atoms with Crippen LogP contribution in [0.2, 0.25) is 5.02 Å². The Morgan fingerprint density at radius 3 is 2.88 bits per heavy atom. The van der Waals surface area contributed by atoms with E-state index in [0.717, 1.165) is 11.3 Å². The number of aryl methyl sites for hydroxylation is 1. The van der Waals surface area contributed by atoms with Crippen LogP contribution in [0.15, 0.2) is 46.4 Å². The van der Waals surface area contributed by atoms with Crippen LogP contribution in [0.1, 0.15) is 28.2 Å². The number of hydrogen-bond donors (Lipinski definition) is 2. The summed E-state index contributed by atoms with van der Waals surface area (Å²) in [5.41, 5.74) is 2.15. The molecule has 0 saturated carbocycles. The predicted molar refractivity (Wildman–Crippen MR) is 125 cm³/mol. The van der Waals surface area contributed by atoms with Gasteiger partial charge in [0.2, 0.25) is 5.91 Å². The van der Waals surface area contributed by atoms with Gasteiger partial charge in [0, 0.05) is 42.7 Å². The molecule has 8 nitrogen and oxygen atoms in total. The van der Waals surface area contributed by atoms with Crippen LogP contribution in [0, 0.1) is 6.92 Å². The lowest BCUT2D eigenvalue weighted by molar-refractivity contribution is -0.121. The first-order chi connectivity index (χ1) is 15.5. The van der Waals surface area contributed by atoms with Gasteiger partial charge in [-0.25, -0.2) is 4.98 Å². The summed E-state index contributed by atoms with van der Waals surface area (Å²) in [4.78, 5) is 31.2. The molecule has 170 valence electrons. The zero-order valence-electron chi connectivity index (χ0n) is 17.9. The molecule has 2 heterocycles. The molecule has 10 heteroatoms. The van der Waals surface area contributed by atoms with Crippen molar-refractivity contribution in [1.82, 2.24) is 15.2 Å². The molecule has 0 bridgehead atoms.